The minimum atomic E-state index is -0.813. The Balaban J connectivity index is 1.73. The van der Waals surface area contributed by atoms with Gasteiger partial charge in [-0.2, -0.15) is 0 Å². The normalized spacial score (nSPS) is 11.6. The molecule has 0 fully saturated rings. The highest BCUT2D eigenvalue weighted by molar-refractivity contribution is 5.91. The van der Waals surface area contributed by atoms with E-state index in [-0.39, 0.29) is 28.0 Å². The monoisotopic (exact) mass is 469 g/mol. The number of non-ortho nitro benzene ring substituents is 1. The molecule has 7 heteroatoms. The summed E-state index contributed by atoms with van der Waals surface area (Å²) >= 11 is 0. The van der Waals surface area contributed by atoms with Gasteiger partial charge in [0.2, 0.25) is 11.2 Å². The second-order valence-electron chi connectivity index (χ2n) is 9.02. The molecule has 35 heavy (non-hydrogen) atoms. The van der Waals surface area contributed by atoms with Gasteiger partial charge in [-0.25, -0.2) is 4.79 Å². The van der Waals surface area contributed by atoms with Gasteiger partial charge < -0.3 is 9.15 Å². The summed E-state index contributed by atoms with van der Waals surface area (Å²) in [5.74, 6) is -0.890. The van der Waals surface area contributed by atoms with Crippen molar-refractivity contribution in [1.82, 2.24) is 0 Å². The number of ether oxygens (including phenoxy) is 1. The summed E-state index contributed by atoms with van der Waals surface area (Å²) in [5, 5.41) is 11.3. The molecule has 3 aromatic carbocycles. The second kappa shape index (κ2) is 9.38. The van der Waals surface area contributed by atoms with E-state index in [0.29, 0.717) is 16.7 Å². The standard InChI is InChI=1S/C28H23NO6/c1-28(2,3)20-14-12-19(13-15-20)26-27(25(31)22-9-4-5-10-23(22)34-26)35-24(30)16-11-18-7-6-8-21(17-18)29(32)33/h4-17H,1-3H3. The summed E-state index contributed by atoms with van der Waals surface area (Å²) in [4.78, 5) is 36.3. The van der Waals surface area contributed by atoms with Crippen LogP contribution in [0.3, 0.4) is 0 Å². The van der Waals surface area contributed by atoms with Gasteiger partial charge in [0.1, 0.15) is 5.58 Å². The van der Waals surface area contributed by atoms with Crippen molar-refractivity contribution in [3.8, 4) is 17.1 Å². The van der Waals surface area contributed by atoms with E-state index in [4.69, 9.17) is 9.15 Å². The molecule has 0 bridgehead atoms. The van der Waals surface area contributed by atoms with Crippen LogP contribution in [-0.2, 0) is 10.2 Å². The van der Waals surface area contributed by atoms with Crippen molar-refractivity contribution < 1.29 is 18.9 Å². The van der Waals surface area contributed by atoms with Gasteiger partial charge in [0, 0.05) is 23.8 Å². The number of benzene rings is 3. The number of nitro groups is 1. The van der Waals surface area contributed by atoms with Crippen LogP contribution < -0.4 is 10.2 Å². The van der Waals surface area contributed by atoms with Crippen LogP contribution in [0.4, 0.5) is 5.69 Å². The fraction of sp³-hybridized carbons (Fsp3) is 0.143. The van der Waals surface area contributed by atoms with Gasteiger partial charge in [0.15, 0.2) is 5.76 Å². The molecule has 0 saturated heterocycles. The zero-order valence-corrected chi connectivity index (χ0v) is 19.5. The lowest BCUT2D eigenvalue weighted by Gasteiger charge is -2.19. The molecule has 176 valence electrons. The number of carbonyl (C=O) groups excluding carboxylic acids is 1. The fourth-order valence-electron chi connectivity index (χ4n) is 3.57. The van der Waals surface area contributed by atoms with Crippen molar-refractivity contribution in [3.63, 3.8) is 0 Å². The summed E-state index contributed by atoms with van der Waals surface area (Å²) in [6.45, 7) is 6.29. The molecule has 1 aromatic heterocycles. The summed E-state index contributed by atoms with van der Waals surface area (Å²) in [6, 6.07) is 20.1. The Bertz CT molecular complexity index is 1510. The van der Waals surface area contributed by atoms with Crippen molar-refractivity contribution in [1.29, 1.82) is 0 Å². The summed E-state index contributed by atoms with van der Waals surface area (Å²) in [6.07, 6.45) is 2.50. The molecule has 0 aliphatic heterocycles. The first-order valence-electron chi connectivity index (χ1n) is 10.9. The highest BCUT2D eigenvalue weighted by Gasteiger charge is 2.21. The van der Waals surface area contributed by atoms with Crippen LogP contribution in [0, 0.1) is 10.1 Å². The molecule has 0 radical (unpaired) electrons. The molecule has 0 amide bonds. The zero-order chi connectivity index (χ0) is 25.2. The predicted octanol–water partition coefficient (Wildman–Crippen LogP) is 6.28. The van der Waals surface area contributed by atoms with Crippen LogP contribution in [0.25, 0.3) is 28.4 Å². The number of para-hydroxylation sites is 1. The van der Waals surface area contributed by atoms with Crippen LogP contribution >= 0.6 is 0 Å². The average molecular weight is 469 g/mol. The molecule has 0 N–H and O–H groups in total. The van der Waals surface area contributed by atoms with E-state index in [9.17, 15) is 19.7 Å². The highest BCUT2D eigenvalue weighted by Crippen LogP contribution is 2.33. The lowest BCUT2D eigenvalue weighted by molar-refractivity contribution is -0.384. The largest absolute Gasteiger partial charge is 0.452 e. The molecule has 0 spiro atoms. The first-order chi connectivity index (χ1) is 16.6. The number of hydrogen-bond acceptors (Lipinski definition) is 6. The Hall–Kier alpha value is -4.52. The number of esters is 1. The van der Waals surface area contributed by atoms with Crippen LogP contribution in [0.5, 0.6) is 5.75 Å². The van der Waals surface area contributed by atoms with E-state index in [1.807, 2.05) is 24.3 Å². The van der Waals surface area contributed by atoms with Gasteiger partial charge in [-0.1, -0.05) is 69.3 Å². The maximum Gasteiger partial charge on any atom is 0.336 e. The lowest BCUT2D eigenvalue weighted by atomic mass is 9.86. The minimum absolute atomic E-state index is 0.0602. The van der Waals surface area contributed by atoms with Gasteiger partial charge in [0.25, 0.3) is 5.69 Å². The van der Waals surface area contributed by atoms with Crippen LogP contribution in [-0.4, -0.2) is 10.9 Å². The van der Waals surface area contributed by atoms with E-state index < -0.39 is 16.3 Å². The van der Waals surface area contributed by atoms with Gasteiger partial charge in [-0.05, 0) is 34.8 Å². The SMILES string of the molecule is CC(C)(C)c1ccc(-c2oc3ccccc3c(=O)c2OC(=O)C=Cc2cccc([N+](=O)[O-])c2)cc1. The van der Waals surface area contributed by atoms with Gasteiger partial charge in [-0.3, -0.25) is 14.9 Å². The molecule has 0 saturated carbocycles. The first-order valence-corrected chi connectivity index (χ1v) is 10.9. The van der Waals surface area contributed by atoms with E-state index in [1.54, 1.807) is 30.3 Å². The summed E-state index contributed by atoms with van der Waals surface area (Å²) in [5.41, 5.74) is 1.87. The Morgan fingerprint density at radius 2 is 1.71 bits per heavy atom. The second-order valence-corrected chi connectivity index (χ2v) is 9.02. The van der Waals surface area contributed by atoms with Crippen molar-refractivity contribution >= 4 is 28.7 Å². The zero-order valence-electron chi connectivity index (χ0n) is 19.5. The van der Waals surface area contributed by atoms with Crippen LogP contribution in [0.15, 0.2) is 88.1 Å². The third-order valence-corrected chi connectivity index (χ3v) is 5.46. The molecular weight excluding hydrogens is 446 g/mol. The molecule has 4 rings (SSSR count). The topological polar surface area (TPSA) is 99.7 Å². The maximum absolute atomic E-state index is 13.2. The highest BCUT2D eigenvalue weighted by atomic mass is 16.6. The Kier molecular flexibility index (Phi) is 6.34. The first kappa shape index (κ1) is 23.6. The molecule has 7 nitrogen and oxygen atoms in total. The van der Waals surface area contributed by atoms with Crippen LogP contribution in [0.2, 0.25) is 0 Å². The van der Waals surface area contributed by atoms with Gasteiger partial charge in [0.05, 0.1) is 10.3 Å². The maximum atomic E-state index is 13.2. The van der Waals surface area contributed by atoms with Gasteiger partial charge in [-0.15, -0.1) is 0 Å². The van der Waals surface area contributed by atoms with Gasteiger partial charge >= 0.3 is 5.97 Å². The predicted molar refractivity (Wildman–Crippen MR) is 134 cm³/mol. The number of carbonyl (C=O) groups is 1. The number of hydrogen-bond donors (Lipinski definition) is 0. The quantitative estimate of drug-likeness (QED) is 0.147. The molecule has 0 aliphatic rings. The lowest BCUT2D eigenvalue weighted by Crippen LogP contribution is -2.14. The molecule has 0 aliphatic carbocycles. The van der Waals surface area contributed by atoms with Crippen molar-refractivity contribution in [3.05, 3.63) is 110 Å². The number of fused-ring (bicyclic) bond motifs is 1. The smallest absolute Gasteiger partial charge is 0.336 e. The third-order valence-electron chi connectivity index (χ3n) is 5.46. The molecule has 4 aromatic rings. The molecule has 1 heterocycles. The minimum Gasteiger partial charge on any atom is -0.452 e. The Morgan fingerprint density at radius 1 is 1.00 bits per heavy atom. The van der Waals surface area contributed by atoms with Crippen molar-refractivity contribution in [2.24, 2.45) is 0 Å². The third kappa shape index (κ3) is 5.19. The fourth-order valence-corrected chi connectivity index (χ4v) is 3.57. The van der Waals surface area contributed by atoms with E-state index in [0.717, 1.165) is 11.6 Å². The Labute approximate surface area is 201 Å². The number of rotatable bonds is 5. The van der Waals surface area contributed by atoms with E-state index in [1.165, 1.54) is 24.3 Å². The number of nitro benzene ring substituents is 1. The number of nitrogens with zero attached hydrogens (tertiary/aromatic N) is 1. The van der Waals surface area contributed by atoms with Crippen LogP contribution in [0.1, 0.15) is 31.9 Å². The average Bonchev–Trinajstić information content (AvgIpc) is 2.84. The Morgan fingerprint density at radius 3 is 2.40 bits per heavy atom. The molecule has 0 unspecified atom stereocenters. The van der Waals surface area contributed by atoms with Crippen molar-refractivity contribution in [2.45, 2.75) is 26.2 Å². The van der Waals surface area contributed by atoms with Crippen molar-refractivity contribution in [2.75, 3.05) is 0 Å². The van der Waals surface area contributed by atoms with E-state index in [2.05, 4.69) is 20.8 Å². The summed E-state index contributed by atoms with van der Waals surface area (Å²) in [7, 11) is 0. The molecule has 0 atom stereocenters. The van der Waals surface area contributed by atoms with E-state index >= 15 is 0 Å². The summed E-state index contributed by atoms with van der Waals surface area (Å²) < 4.78 is 11.5. The molecular formula is C28H23NO6.